The molecule has 1 aliphatic heterocycles. The molecule has 0 aromatic heterocycles. The van der Waals surface area contributed by atoms with Crippen LogP contribution < -0.4 is 10.6 Å². The highest BCUT2D eigenvalue weighted by Gasteiger charge is 2.46. The van der Waals surface area contributed by atoms with Crippen LogP contribution in [0.3, 0.4) is 0 Å². The molecule has 6 nitrogen and oxygen atoms in total. The van der Waals surface area contributed by atoms with Gasteiger partial charge >= 0.3 is 6.03 Å². The number of thioether (sulfide) groups is 1. The lowest BCUT2D eigenvalue weighted by atomic mass is 9.77. The number of carbonyl (C=O) groups is 2. The maximum atomic E-state index is 15.0. The van der Waals surface area contributed by atoms with Crippen LogP contribution in [0.5, 0.6) is 0 Å². The standard InChI is InChI=1S/C25H37F2N3O3S/c1-7-13-30(24(33)28-6)14-11-18(4)29-23(32)25(5,21(27)8-2)22(31)16-17(3)20-10-9-19(26)12-15-34-20/h7-8,13,16,18-22,31H,2,9-10,12,15H2,1,3-6H3,(H,28,33)(H,29,32)/b13-7+,17-16+. The molecule has 0 bridgehead atoms. The van der Waals surface area contributed by atoms with Crippen LogP contribution in [0.15, 0.2) is 36.6 Å². The first-order chi connectivity index (χ1) is 16.0. The molecule has 6 atom stereocenters. The van der Waals surface area contributed by atoms with E-state index in [0.29, 0.717) is 25.0 Å². The Balaban J connectivity index is 3.07. The molecular weight excluding hydrogens is 460 g/mol. The monoisotopic (exact) mass is 497 g/mol. The van der Waals surface area contributed by atoms with Gasteiger partial charge in [0.1, 0.15) is 17.8 Å². The summed E-state index contributed by atoms with van der Waals surface area (Å²) in [4.78, 5) is 26.1. The zero-order valence-electron chi connectivity index (χ0n) is 20.6. The van der Waals surface area contributed by atoms with Gasteiger partial charge in [-0.3, -0.25) is 4.79 Å². The third-order valence-corrected chi connectivity index (χ3v) is 7.27. The lowest BCUT2D eigenvalue weighted by molar-refractivity contribution is -0.139. The summed E-state index contributed by atoms with van der Waals surface area (Å²) in [5, 5.41) is 16.0. The number of nitrogens with zero attached hydrogens (tertiary/aromatic N) is 1. The topological polar surface area (TPSA) is 81.7 Å². The minimum absolute atomic E-state index is 0.00314. The second-order valence-corrected chi connectivity index (χ2v) is 9.77. The van der Waals surface area contributed by atoms with E-state index in [4.69, 9.17) is 0 Å². The highest BCUT2D eigenvalue weighted by Crippen LogP contribution is 2.35. The van der Waals surface area contributed by atoms with Crippen LogP contribution in [0.4, 0.5) is 13.6 Å². The van der Waals surface area contributed by atoms with E-state index in [2.05, 4.69) is 29.2 Å². The van der Waals surface area contributed by atoms with Crippen LogP contribution in [0.25, 0.3) is 0 Å². The molecule has 0 radical (unpaired) electrons. The van der Waals surface area contributed by atoms with Gasteiger partial charge in [-0.15, -0.1) is 6.58 Å². The van der Waals surface area contributed by atoms with Crippen molar-refractivity contribution in [2.24, 2.45) is 5.41 Å². The molecule has 0 spiro atoms. The zero-order chi connectivity index (χ0) is 25.9. The van der Waals surface area contributed by atoms with Crippen LogP contribution in [-0.4, -0.2) is 64.5 Å². The molecule has 3 N–H and O–H groups in total. The van der Waals surface area contributed by atoms with Crippen LogP contribution in [-0.2, 0) is 4.79 Å². The lowest BCUT2D eigenvalue weighted by Crippen LogP contribution is -2.53. The van der Waals surface area contributed by atoms with E-state index in [-0.39, 0.29) is 5.25 Å². The highest BCUT2D eigenvalue weighted by atomic mass is 32.2. The molecule has 1 aliphatic rings. The molecule has 0 aromatic carbocycles. The number of allylic oxidation sites excluding steroid dienone is 2. The number of rotatable bonds is 8. The Hall–Kier alpha value is -2.31. The predicted octanol–water partition coefficient (Wildman–Crippen LogP) is 4.09. The van der Waals surface area contributed by atoms with Crippen LogP contribution in [0, 0.1) is 17.4 Å². The fraction of sp³-hybridized carbons (Fsp3) is 0.600. The summed E-state index contributed by atoms with van der Waals surface area (Å²) in [7, 11) is 1.47. The van der Waals surface area contributed by atoms with Crippen molar-refractivity contribution in [3.63, 3.8) is 0 Å². The Morgan fingerprint density at radius 1 is 1.35 bits per heavy atom. The molecule has 1 heterocycles. The summed E-state index contributed by atoms with van der Waals surface area (Å²) in [5.41, 5.74) is -1.08. The van der Waals surface area contributed by atoms with E-state index in [1.807, 2.05) is 6.92 Å². The first-order valence-corrected chi connectivity index (χ1v) is 12.4. The summed E-state index contributed by atoms with van der Waals surface area (Å²) in [6, 6.07) is 1.45. The van der Waals surface area contributed by atoms with E-state index in [1.54, 1.807) is 31.7 Å². The number of alkyl halides is 2. The number of halogens is 2. The second-order valence-electron chi connectivity index (χ2n) is 8.46. The van der Waals surface area contributed by atoms with Gasteiger partial charge in [-0.2, -0.15) is 11.8 Å². The predicted molar refractivity (Wildman–Crippen MR) is 134 cm³/mol. The second kappa shape index (κ2) is 14.2. The van der Waals surface area contributed by atoms with E-state index < -0.39 is 41.8 Å². The molecule has 0 saturated carbocycles. The third-order valence-electron chi connectivity index (χ3n) is 5.78. The van der Waals surface area contributed by atoms with Gasteiger partial charge in [-0.05, 0) is 52.7 Å². The maximum Gasteiger partial charge on any atom is 0.332 e. The molecule has 0 aliphatic carbocycles. The first kappa shape index (κ1) is 29.7. The number of aliphatic hydroxyl groups is 1. The van der Waals surface area contributed by atoms with Gasteiger partial charge in [0.25, 0.3) is 0 Å². The van der Waals surface area contributed by atoms with Crippen molar-refractivity contribution in [3.8, 4) is 12.0 Å². The van der Waals surface area contributed by atoms with Gasteiger partial charge < -0.3 is 15.7 Å². The summed E-state index contributed by atoms with van der Waals surface area (Å²) in [5.74, 6) is 2.66. The summed E-state index contributed by atoms with van der Waals surface area (Å²) >= 11 is 1.60. The number of carbonyl (C=O) groups excluding carboxylic acids is 2. The smallest absolute Gasteiger partial charge is 0.332 e. The molecule has 3 amide bonds. The quantitative estimate of drug-likeness (QED) is 0.268. The van der Waals surface area contributed by atoms with Gasteiger partial charge in [0.15, 0.2) is 0 Å². The van der Waals surface area contributed by atoms with Crippen molar-refractivity contribution >= 4 is 23.7 Å². The van der Waals surface area contributed by atoms with Crippen molar-refractivity contribution in [1.29, 1.82) is 0 Å². The molecular formula is C25H37F2N3O3S. The van der Waals surface area contributed by atoms with E-state index in [9.17, 15) is 23.5 Å². The molecule has 34 heavy (non-hydrogen) atoms. The summed E-state index contributed by atoms with van der Waals surface area (Å²) in [6.45, 7) is 9.91. The van der Waals surface area contributed by atoms with Crippen molar-refractivity contribution in [2.75, 3.05) is 12.8 Å². The van der Waals surface area contributed by atoms with Gasteiger partial charge in [0.05, 0.1) is 12.1 Å². The SMILES string of the molecule is C=CC(F)C(C)(C(=O)NC(C)C#CN(/C=C/C)C(=O)NC)C(O)/C=C(\C)C1CCC(F)CCS1. The molecule has 1 rings (SSSR count). The number of urea groups is 1. The molecule has 1 fully saturated rings. The van der Waals surface area contributed by atoms with Gasteiger partial charge in [-0.1, -0.05) is 29.7 Å². The molecule has 0 aromatic rings. The third kappa shape index (κ3) is 8.17. The van der Waals surface area contributed by atoms with Gasteiger partial charge in [0.2, 0.25) is 5.91 Å². The average Bonchev–Trinajstić information content (AvgIpc) is 3.04. The minimum atomic E-state index is -1.86. The number of amides is 3. The summed E-state index contributed by atoms with van der Waals surface area (Å²) < 4.78 is 28.7. The van der Waals surface area contributed by atoms with E-state index in [1.165, 1.54) is 26.2 Å². The van der Waals surface area contributed by atoms with Crippen molar-refractivity contribution in [2.45, 2.75) is 76.7 Å². The van der Waals surface area contributed by atoms with Crippen molar-refractivity contribution in [3.05, 3.63) is 36.6 Å². The molecule has 6 unspecified atom stereocenters. The largest absolute Gasteiger partial charge is 0.388 e. The Labute approximate surface area is 206 Å². The Kier molecular flexibility index (Phi) is 12.4. The maximum absolute atomic E-state index is 15.0. The van der Waals surface area contributed by atoms with Gasteiger partial charge in [0, 0.05) is 24.5 Å². The Bertz CT molecular complexity index is 839. The van der Waals surface area contributed by atoms with Crippen LogP contribution in [0.2, 0.25) is 0 Å². The fourth-order valence-corrected chi connectivity index (χ4v) is 4.75. The number of hydrogen-bond acceptors (Lipinski definition) is 4. The zero-order valence-corrected chi connectivity index (χ0v) is 21.4. The Morgan fingerprint density at radius 3 is 2.62 bits per heavy atom. The number of hydrogen-bond donors (Lipinski definition) is 3. The Morgan fingerprint density at radius 2 is 2.03 bits per heavy atom. The highest BCUT2D eigenvalue weighted by molar-refractivity contribution is 8.00. The minimum Gasteiger partial charge on any atom is -0.388 e. The van der Waals surface area contributed by atoms with Crippen molar-refractivity contribution < 1.29 is 23.5 Å². The fourth-order valence-electron chi connectivity index (χ4n) is 3.43. The molecule has 9 heteroatoms. The van der Waals surface area contributed by atoms with E-state index >= 15 is 0 Å². The van der Waals surface area contributed by atoms with Crippen LogP contribution >= 0.6 is 11.8 Å². The van der Waals surface area contributed by atoms with Gasteiger partial charge in [-0.25, -0.2) is 18.5 Å². The molecule has 190 valence electrons. The normalized spacial score (nSPS) is 23.4. The average molecular weight is 498 g/mol. The van der Waals surface area contributed by atoms with Crippen molar-refractivity contribution in [1.82, 2.24) is 15.5 Å². The molecule has 1 saturated heterocycles. The number of nitrogens with one attached hydrogen (secondary N) is 2. The lowest BCUT2D eigenvalue weighted by Gasteiger charge is -2.34. The van der Waals surface area contributed by atoms with E-state index in [0.717, 1.165) is 16.5 Å². The first-order valence-electron chi connectivity index (χ1n) is 11.4. The summed E-state index contributed by atoms with van der Waals surface area (Å²) in [6.07, 6.45) is 2.99. The van der Waals surface area contributed by atoms with Crippen LogP contribution in [0.1, 0.15) is 47.0 Å². The number of aliphatic hydroxyl groups excluding tert-OH is 1.